The predicted octanol–water partition coefficient (Wildman–Crippen LogP) is 0.0967. The summed E-state index contributed by atoms with van der Waals surface area (Å²) in [5.41, 5.74) is 8.83. The maximum absolute atomic E-state index is 11.6. The molecule has 1 amide bonds. The van der Waals surface area contributed by atoms with Crippen LogP contribution in [0.3, 0.4) is 0 Å². The molecule has 2 rings (SSSR count). The molecule has 1 aliphatic heterocycles. The van der Waals surface area contributed by atoms with Crippen molar-refractivity contribution in [2.45, 2.75) is 32.2 Å². The molecule has 0 aromatic carbocycles. The van der Waals surface area contributed by atoms with Crippen LogP contribution in [0.25, 0.3) is 0 Å². The van der Waals surface area contributed by atoms with Gasteiger partial charge in [-0.15, -0.1) is 0 Å². The van der Waals surface area contributed by atoms with Crippen LogP contribution < -0.4 is 11.2 Å². The van der Waals surface area contributed by atoms with Crippen LogP contribution >= 0.6 is 0 Å². The van der Waals surface area contributed by atoms with Crippen molar-refractivity contribution in [2.24, 2.45) is 17.6 Å². The van der Waals surface area contributed by atoms with Gasteiger partial charge in [0.15, 0.2) is 0 Å². The van der Waals surface area contributed by atoms with E-state index in [1.165, 1.54) is 12.8 Å². The van der Waals surface area contributed by atoms with Gasteiger partial charge in [0.25, 0.3) is 0 Å². The second kappa shape index (κ2) is 3.87. The zero-order valence-corrected chi connectivity index (χ0v) is 8.70. The lowest BCUT2D eigenvalue weighted by Gasteiger charge is -2.21. The van der Waals surface area contributed by atoms with E-state index >= 15 is 0 Å². The molecule has 2 unspecified atom stereocenters. The van der Waals surface area contributed by atoms with Gasteiger partial charge in [-0.2, -0.15) is 0 Å². The Kier molecular flexibility index (Phi) is 2.74. The van der Waals surface area contributed by atoms with Crippen molar-refractivity contribution in [2.75, 3.05) is 13.1 Å². The van der Waals surface area contributed by atoms with E-state index < -0.39 is 0 Å². The Labute approximate surface area is 84.8 Å². The molecule has 2 fully saturated rings. The van der Waals surface area contributed by atoms with Crippen molar-refractivity contribution >= 4 is 5.91 Å². The highest BCUT2D eigenvalue weighted by molar-refractivity contribution is 5.78. The predicted molar refractivity (Wildman–Crippen MR) is 54.2 cm³/mol. The minimum atomic E-state index is 0.238. The molecule has 1 saturated carbocycles. The van der Waals surface area contributed by atoms with E-state index in [1.54, 1.807) is 5.01 Å². The van der Waals surface area contributed by atoms with E-state index in [1.807, 2.05) is 0 Å². The topological polar surface area (TPSA) is 58.4 Å². The highest BCUT2D eigenvalue weighted by atomic mass is 16.2. The lowest BCUT2D eigenvalue weighted by Crippen LogP contribution is -2.42. The van der Waals surface area contributed by atoms with Crippen LogP contribution in [-0.4, -0.2) is 30.0 Å². The summed E-state index contributed by atoms with van der Waals surface area (Å²) in [6.07, 6.45) is 3.25. The molecule has 0 aromatic rings. The zero-order chi connectivity index (χ0) is 10.1. The first-order valence-electron chi connectivity index (χ1n) is 5.47. The summed E-state index contributed by atoms with van der Waals surface area (Å²) >= 11 is 0. The number of hydrazine groups is 1. The fourth-order valence-electron chi connectivity index (χ4n) is 1.93. The third-order valence-corrected chi connectivity index (χ3v) is 3.10. The molecule has 4 nitrogen and oxygen atoms in total. The lowest BCUT2D eigenvalue weighted by atomic mass is 10.1. The zero-order valence-electron chi connectivity index (χ0n) is 8.70. The Hall–Kier alpha value is -0.610. The van der Waals surface area contributed by atoms with E-state index in [0.29, 0.717) is 24.9 Å². The molecule has 1 heterocycles. The second-order valence-electron chi connectivity index (χ2n) is 4.62. The number of carbonyl (C=O) groups is 1. The maximum Gasteiger partial charge on any atom is 0.238 e. The van der Waals surface area contributed by atoms with Crippen molar-refractivity contribution in [1.82, 2.24) is 10.4 Å². The molecular formula is C10H19N3O. The normalized spacial score (nSPS) is 29.7. The van der Waals surface area contributed by atoms with Gasteiger partial charge in [0.1, 0.15) is 0 Å². The van der Waals surface area contributed by atoms with Crippen LogP contribution in [-0.2, 0) is 4.79 Å². The Morgan fingerprint density at radius 2 is 2.36 bits per heavy atom. The Balaban J connectivity index is 1.84. The van der Waals surface area contributed by atoms with Crippen molar-refractivity contribution in [1.29, 1.82) is 0 Å². The number of hydrogen-bond donors (Lipinski definition) is 2. The van der Waals surface area contributed by atoms with Gasteiger partial charge in [0, 0.05) is 19.0 Å². The third kappa shape index (κ3) is 2.07. The first-order chi connectivity index (χ1) is 6.70. The summed E-state index contributed by atoms with van der Waals surface area (Å²) in [4.78, 5) is 11.6. The van der Waals surface area contributed by atoms with Crippen LogP contribution in [0.15, 0.2) is 0 Å². The van der Waals surface area contributed by atoms with Gasteiger partial charge < -0.3 is 5.73 Å². The van der Waals surface area contributed by atoms with Crippen LogP contribution in [0, 0.1) is 11.8 Å². The molecule has 80 valence electrons. The van der Waals surface area contributed by atoms with Crippen molar-refractivity contribution in [3.8, 4) is 0 Å². The lowest BCUT2D eigenvalue weighted by molar-refractivity contribution is -0.130. The molecule has 14 heavy (non-hydrogen) atoms. The van der Waals surface area contributed by atoms with Crippen LogP contribution in [0.1, 0.15) is 26.2 Å². The molecular weight excluding hydrogens is 178 g/mol. The largest absolute Gasteiger partial charge is 0.330 e. The summed E-state index contributed by atoms with van der Waals surface area (Å²) in [7, 11) is 0. The number of hydrogen-bond acceptors (Lipinski definition) is 3. The Bertz CT molecular complexity index is 227. The summed E-state index contributed by atoms with van der Waals surface area (Å²) in [6, 6.07) is 0.410. The van der Waals surface area contributed by atoms with Crippen molar-refractivity contribution in [3.05, 3.63) is 0 Å². The van der Waals surface area contributed by atoms with Gasteiger partial charge in [-0.05, 0) is 31.2 Å². The number of nitrogens with zero attached hydrogens (tertiary/aromatic N) is 1. The number of rotatable bonds is 4. The molecule has 1 saturated heterocycles. The number of amides is 1. The van der Waals surface area contributed by atoms with E-state index in [2.05, 4.69) is 12.3 Å². The molecule has 0 aromatic heterocycles. The van der Waals surface area contributed by atoms with Crippen molar-refractivity contribution < 1.29 is 4.79 Å². The number of nitrogens with two attached hydrogens (primary N) is 1. The average molecular weight is 197 g/mol. The van der Waals surface area contributed by atoms with Gasteiger partial charge in [-0.3, -0.25) is 9.80 Å². The molecule has 0 bridgehead atoms. The summed E-state index contributed by atoms with van der Waals surface area (Å²) in [5.74, 6) is 1.36. The standard InChI is InChI=1S/C10H19N3O/c1-7(5-11)6-13-10(14)4-9(12-13)8-2-3-8/h7-9,12H,2-6,11H2,1H3. The summed E-state index contributed by atoms with van der Waals surface area (Å²) < 4.78 is 0. The SMILES string of the molecule is CC(CN)CN1NC(C2CC2)CC1=O. The van der Waals surface area contributed by atoms with E-state index in [9.17, 15) is 4.79 Å². The molecule has 1 aliphatic carbocycles. The Morgan fingerprint density at radius 3 is 2.93 bits per heavy atom. The number of nitrogens with one attached hydrogen (secondary N) is 1. The fourth-order valence-corrected chi connectivity index (χ4v) is 1.93. The van der Waals surface area contributed by atoms with E-state index in [-0.39, 0.29) is 5.91 Å². The first-order valence-corrected chi connectivity index (χ1v) is 5.47. The van der Waals surface area contributed by atoms with Gasteiger partial charge in [-0.25, -0.2) is 5.43 Å². The van der Waals surface area contributed by atoms with Crippen LogP contribution in [0.5, 0.6) is 0 Å². The Morgan fingerprint density at radius 1 is 1.64 bits per heavy atom. The van der Waals surface area contributed by atoms with Gasteiger partial charge in [-0.1, -0.05) is 6.92 Å². The molecule has 0 radical (unpaired) electrons. The van der Waals surface area contributed by atoms with Crippen molar-refractivity contribution in [3.63, 3.8) is 0 Å². The second-order valence-corrected chi connectivity index (χ2v) is 4.62. The fraction of sp³-hybridized carbons (Fsp3) is 0.900. The highest BCUT2D eigenvalue weighted by Crippen LogP contribution is 2.36. The van der Waals surface area contributed by atoms with Crippen LogP contribution in [0.4, 0.5) is 0 Å². The molecule has 4 heteroatoms. The van der Waals surface area contributed by atoms with Gasteiger partial charge >= 0.3 is 0 Å². The smallest absolute Gasteiger partial charge is 0.238 e. The molecule has 0 spiro atoms. The monoisotopic (exact) mass is 197 g/mol. The van der Waals surface area contributed by atoms with Gasteiger partial charge in [0.05, 0.1) is 0 Å². The van der Waals surface area contributed by atoms with E-state index in [4.69, 9.17) is 5.73 Å². The molecule has 3 N–H and O–H groups in total. The van der Waals surface area contributed by atoms with Gasteiger partial charge in [0.2, 0.25) is 5.91 Å². The summed E-state index contributed by atoms with van der Waals surface area (Å²) in [5, 5.41) is 1.76. The molecule has 2 atom stereocenters. The van der Waals surface area contributed by atoms with Crippen LogP contribution in [0.2, 0.25) is 0 Å². The maximum atomic E-state index is 11.6. The third-order valence-electron chi connectivity index (χ3n) is 3.10. The minimum Gasteiger partial charge on any atom is -0.330 e. The summed E-state index contributed by atoms with van der Waals surface area (Å²) in [6.45, 7) is 3.46. The average Bonchev–Trinajstić information content (AvgIpc) is 2.94. The quantitative estimate of drug-likeness (QED) is 0.672. The first kappa shape index (κ1) is 9.93. The highest BCUT2D eigenvalue weighted by Gasteiger charge is 2.39. The van der Waals surface area contributed by atoms with E-state index in [0.717, 1.165) is 12.5 Å². The minimum absolute atomic E-state index is 0.238. The number of carbonyl (C=O) groups excluding carboxylic acids is 1. The molecule has 2 aliphatic rings.